The quantitative estimate of drug-likeness (QED) is 0.307. The van der Waals surface area contributed by atoms with Crippen LogP contribution < -0.4 is 16.4 Å². The first-order valence-electron chi connectivity index (χ1n) is 10.9. The Morgan fingerprint density at radius 3 is 2.58 bits per heavy atom. The minimum atomic E-state index is -4.58. The van der Waals surface area contributed by atoms with Gasteiger partial charge in [-0.3, -0.25) is 5.32 Å². The largest absolute Gasteiger partial charge is 0.480 e. The van der Waals surface area contributed by atoms with E-state index in [0.29, 0.717) is 27.9 Å². The molecule has 0 aliphatic carbocycles. The molecule has 4 aromatic rings. The van der Waals surface area contributed by atoms with E-state index in [2.05, 4.69) is 30.7 Å². The predicted molar refractivity (Wildman–Crippen MR) is 129 cm³/mol. The van der Waals surface area contributed by atoms with E-state index in [1.165, 1.54) is 10.8 Å². The molecule has 1 aliphatic rings. The Morgan fingerprint density at radius 1 is 1.13 bits per heavy atom. The molecule has 4 heterocycles. The molecule has 0 saturated carbocycles. The lowest BCUT2D eigenvalue weighted by Gasteiger charge is -2.11. The van der Waals surface area contributed by atoms with Crippen LogP contribution in [0.15, 0.2) is 60.1 Å². The third-order valence-corrected chi connectivity index (χ3v) is 5.53. The zero-order valence-electron chi connectivity index (χ0n) is 19.1. The van der Waals surface area contributed by atoms with Gasteiger partial charge in [-0.2, -0.15) is 18.3 Å². The number of ether oxygens (including phenoxy) is 1. The van der Waals surface area contributed by atoms with E-state index in [-0.39, 0.29) is 24.1 Å². The number of amides is 2. The molecule has 0 bridgehead atoms. The van der Waals surface area contributed by atoms with Crippen LogP contribution in [0.25, 0.3) is 16.6 Å². The SMILES string of the molecule is Nc1ncnn2cc(C3=NC(C(=O)O)CO3)c(-c3ccc(NC(=O)Nc4cc(C(F)(F)F)ccn4)cc3)c12. The molecule has 1 unspecified atom stereocenters. The minimum Gasteiger partial charge on any atom is -0.480 e. The number of hydrogen-bond donors (Lipinski definition) is 4. The van der Waals surface area contributed by atoms with E-state index >= 15 is 0 Å². The Balaban J connectivity index is 1.41. The highest BCUT2D eigenvalue weighted by Gasteiger charge is 2.31. The van der Waals surface area contributed by atoms with Gasteiger partial charge in [-0.15, -0.1) is 0 Å². The Kier molecular flexibility index (Phi) is 6.02. The van der Waals surface area contributed by atoms with Crippen LogP contribution in [-0.4, -0.2) is 55.2 Å². The number of anilines is 3. The van der Waals surface area contributed by atoms with Crippen LogP contribution >= 0.6 is 0 Å². The van der Waals surface area contributed by atoms with Gasteiger partial charge in [-0.1, -0.05) is 12.1 Å². The molecule has 2 amide bonds. The number of carboxylic acid groups (broad SMARTS) is 1. The smallest absolute Gasteiger partial charge is 0.416 e. The molecule has 1 aliphatic heterocycles. The first kappa shape index (κ1) is 24.5. The molecule has 194 valence electrons. The zero-order chi connectivity index (χ0) is 27.0. The second kappa shape index (κ2) is 9.34. The first-order chi connectivity index (χ1) is 18.1. The number of aliphatic carboxylic acids is 1. The van der Waals surface area contributed by atoms with E-state index < -0.39 is 29.8 Å². The molecule has 0 radical (unpaired) electrons. The number of carbonyl (C=O) groups excluding carboxylic acids is 1. The highest BCUT2D eigenvalue weighted by atomic mass is 19.4. The highest BCUT2D eigenvalue weighted by molar-refractivity contribution is 6.08. The third-order valence-electron chi connectivity index (χ3n) is 5.53. The van der Waals surface area contributed by atoms with Gasteiger partial charge in [0.25, 0.3) is 0 Å². The monoisotopic (exact) mass is 526 g/mol. The lowest BCUT2D eigenvalue weighted by molar-refractivity contribution is -0.139. The maximum absolute atomic E-state index is 12.9. The van der Waals surface area contributed by atoms with Crippen LogP contribution in [0.4, 0.5) is 35.3 Å². The van der Waals surface area contributed by atoms with Gasteiger partial charge in [0, 0.05) is 23.6 Å². The van der Waals surface area contributed by atoms with Crippen LogP contribution in [0.3, 0.4) is 0 Å². The Morgan fingerprint density at radius 2 is 1.89 bits per heavy atom. The fourth-order valence-corrected chi connectivity index (χ4v) is 3.81. The van der Waals surface area contributed by atoms with Crippen LogP contribution in [-0.2, 0) is 15.7 Å². The highest BCUT2D eigenvalue weighted by Crippen LogP contribution is 2.35. The van der Waals surface area contributed by atoms with Crippen molar-refractivity contribution in [2.45, 2.75) is 12.2 Å². The molecule has 12 nitrogen and oxygen atoms in total. The molecule has 0 fully saturated rings. The fraction of sp³-hybridized carbons (Fsp3) is 0.130. The number of carbonyl (C=O) groups is 2. The molecule has 0 saturated heterocycles. The standard InChI is InChI=1S/C23H17F3N8O4/c24-23(25,26)12-5-6-28-16(7-12)33-22(37)31-13-3-1-11(2-4-13)17-14(20-32-15(9-38-20)21(35)36)8-34-18(17)19(27)29-10-30-34/h1-8,10,15H,9H2,(H,35,36)(H2,27,29,30)(H2,28,31,33,37). The molecule has 5 N–H and O–H groups in total. The second-order valence-electron chi connectivity index (χ2n) is 8.04. The van der Waals surface area contributed by atoms with E-state index in [0.717, 1.165) is 18.3 Å². The summed E-state index contributed by atoms with van der Waals surface area (Å²) < 4.78 is 45.7. The minimum absolute atomic E-state index is 0.104. The summed E-state index contributed by atoms with van der Waals surface area (Å²) in [5.74, 6) is -1.14. The number of halogens is 3. The van der Waals surface area contributed by atoms with Gasteiger partial charge in [-0.25, -0.2) is 29.1 Å². The number of alkyl halides is 3. The number of benzene rings is 1. The van der Waals surface area contributed by atoms with Crippen molar-refractivity contribution >= 4 is 40.7 Å². The molecule has 15 heteroatoms. The molecular formula is C23H17F3N8O4. The fourth-order valence-electron chi connectivity index (χ4n) is 3.81. The van der Waals surface area contributed by atoms with E-state index in [4.69, 9.17) is 10.5 Å². The van der Waals surface area contributed by atoms with Crippen molar-refractivity contribution in [2.75, 3.05) is 23.0 Å². The summed E-state index contributed by atoms with van der Waals surface area (Å²) in [6.07, 6.45) is -0.781. The molecule has 0 spiro atoms. The number of aromatic nitrogens is 4. The van der Waals surface area contributed by atoms with E-state index in [1.807, 2.05) is 0 Å². The summed E-state index contributed by atoms with van der Waals surface area (Å²) in [5, 5.41) is 18.2. The van der Waals surface area contributed by atoms with Gasteiger partial charge in [0.2, 0.25) is 5.90 Å². The second-order valence-corrected chi connectivity index (χ2v) is 8.04. The number of hydrogen-bond acceptors (Lipinski definition) is 8. The predicted octanol–water partition coefficient (Wildman–Crippen LogP) is 3.27. The van der Waals surface area contributed by atoms with Crippen LogP contribution in [0.5, 0.6) is 0 Å². The van der Waals surface area contributed by atoms with Crippen molar-refractivity contribution in [3.8, 4) is 11.1 Å². The maximum atomic E-state index is 12.9. The summed E-state index contributed by atoms with van der Waals surface area (Å²) in [5.41, 5.74) is 7.47. The number of urea groups is 1. The van der Waals surface area contributed by atoms with Crippen molar-refractivity contribution in [3.05, 3.63) is 66.2 Å². The van der Waals surface area contributed by atoms with Crippen molar-refractivity contribution in [2.24, 2.45) is 4.99 Å². The van der Waals surface area contributed by atoms with E-state index in [1.54, 1.807) is 30.5 Å². The Labute approximate surface area is 211 Å². The lowest BCUT2D eigenvalue weighted by Crippen LogP contribution is -2.20. The number of aliphatic imine (C=N–C) groups is 1. The zero-order valence-corrected chi connectivity index (χ0v) is 19.1. The van der Waals surface area contributed by atoms with Crippen molar-refractivity contribution in [1.82, 2.24) is 19.6 Å². The molecule has 1 aromatic carbocycles. The molecule has 5 rings (SSSR count). The van der Waals surface area contributed by atoms with Gasteiger partial charge >= 0.3 is 18.2 Å². The number of nitrogens with one attached hydrogen (secondary N) is 2. The van der Waals surface area contributed by atoms with Crippen molar-refractivity contribution in [1.29, 1.82) is 0 Å². The third kappa shape index (κ3) is 4.76. The summed E-state index contributed by atoms with van der Waals surface area (Å²) in [7, 11) is 0. The van der Waals surface area contributed by atoms with Crippen LogP contribution in [0, 0.1) is 0 Å². The molecule has 3 aromatic heterocycles. The number of pyridine rings is 1. The average molecular weight is 526 g/mol. The topological polar surface area (TPSA) is 169 Å². The average Bonchev–Trinajstić information content (AvgIpc) is 3.50. The number of carboxylic acids is 1. The maximum Gasteiger partial charge on any atom is 0.416 e. The number of rotatable bonds is 5. The van der Waals surface area contributed by atoms with Gasteiger partial charge in [-0.05, 0) is 29.8 Å². The summed E-state index contributed by atoms with van der Waals surface area (Å²) in [6.45, 7) is -0.129. The van der Waals surface area contributed by atoms with Crippen molar-refractivity contribution < 1.29 is 32.6 Å². The molecule has 38 heavy (non-hydrogen) atoms. The van der Waals surface area contributed by atoms with Gasteiger partial charge in [0.15, 0.2) is 11.9 Å². The number of nitrogens with two attached hydrogens (primary N) is 1. The summed E-state index contributed by atoms with van der Waals surface area (Å²) in [4.78, 5) is 35.6. The van der Waals surface area contributed by atoms with Gasteiger partial charge < -0.3 is 20.9 Å². The number of nitrogens with zero attached hydrogens (tertiary/aromatic N) is 5. The van der Waals surface area contributed by atoms with Crippen LogP contribution in [0.1, 0.15) is 11.1 Å². The number of nitrogen functional groups attached to an aromatic ring is 1. The van der Waals surface area contributed by atoms with Crippen LogP contribution in [0.2, 0.25) is 0 Å². The van der Waals surface area contributed by atoms with Crippen molar-refractivity contribution in [3.63, 3.8) is 0 Å². The van der Waals surface area contributed by atoms with Gasteiger partial charge in [0.1, 0.15) is 24.3 Å². The molecular weight excluding hydrogens is 509 g/mol. The first-order valence-corrected chi connectivity index (χ1v) is 10.9. The Bertz CT molecular complexity index is 1580. The van der Waals surface area contributed by atoms with Gasteiger partial charge in [0.05, 0.1) is 11.1 Å². The number of fused-ring (bicyclic) bond motifs is 1. The van der Waals surface area contributed by atoms with E-state index in [9.17, 15) is 27.9 Å². The summed E-state index contributed by atoms with van der Waals surface area (Å²) in [6, 6.07) is 6.06. The summed E-state index contributed by atoms with van der Waals surface area (Å²) >= 11 is 0. The normalized spacial score (nSPS) is 15.1. The lowest BCUT2D eigenvalue weighted by atomic mass is 10.0. The Hall–Kier alpha value is -5.21. The molecule has 1 atom stereocenters.